The summed E-state index contributed by atoms with van der Waals surface area (Å²) in [5.41, 5.74) is 2.59. The van der Waals surface area contributed by atoms with E-state index in [1.54, 1.807) is 30.3 Å². The van der Waals surface area contributed by atoms with Crippen LogP contribution in [0.25, 0.3) is 27.0 Å². The number of rotatable bonds is 2. The van der Waals surface area contributed by atoms with Crippen molar-refractivity contribution in [2.24, 2.45) is 0 Å². The third-order valence-corrected chi connectivity index (χ3v) is 5.39. The van der Waals surface area contributed by atoms with Gasteiger partial charge in [0.25, 0.3) is 5.56 Å². The van der Waals surface area contributed by atoms with Crippen molar-refractivity contribution < 1.29 is 0 Å². The summed E-state index contributed by atoms with van der Waals surface area (Å²) < 4.78 is 2.03. The summed E-state index contributed by atoms with van der Waals surface area (Å²) in [5, 5.41) is 1.70. The van der Waals surface area contributed by atoms with Crippen LogP contribution in [0, 0.1) is 3.95 Å². The first kappa shape index (κ1) is 15.3. The SMILES string of the molecule is O=c1cc(-c2c[nH]c3ccccc23)sc(=S)n1-c1ccc(Cl)cc1. The lowest BCUT2D eigenvalue weighted by Crippen LogP contribution is -2.17. The van der Waals surface area contributed by atoms with Gasteiger partial charge in [-0.05, 0) is 42.5 Å². The average Bonchev–Trinajstić information content (AvgIpc) is 3.00. The Morgan fingerprint density at radius 1 is 1.08 bits per heavy atom. The number of hydrogen-bond acceptors (Lipinski definition) is 3. The fraction of sp³-hybridized carbons (Fsp3) is 0. The van der Waals surface area contributed by atoms with E-state index >= 15 is 0 Å². The van der Waals surface area contributed by atoms with Gasteiger partial charge in [0.2, 0.25) is 0 Å². The van der Waals surface area contributed by atoms with Crippen molar-refractivity contribution in [3.05, 3.63) is 80.1 Å². The Labute approximate surface area is 151 Å². The minimum absolute atomic E-state index is 0.152. The van der Waals surface area contributed by atoms with Crippen LogP contribution in [0.5, 0.6) is 0 Å². The van der Waals surface area contributed by atoms with Gasteiger partial charge in [0.05, 0.1) is 5.69 Å². The Balaban J connectivity index is 1.90. The summed E-state index contributed by atoms with van der Waals surface area (Å²) in [5.74, 6) is 0. The van der Waals surface area contributed by atoms with Gasteiger partial charge in [-0.25, -0.2) is 0 Å². The maximum atomic E-state index is 12.6. The van der Waals surface area contributed by atoms with Crippen LogP contribution >= 0.6 is 35.2 Å². The van der Waals surface area contributed by atoms with E-state index in [9.17, 15) is 4.79 Å². The van der Waals surface area contributed by atoms with Crippen LogP contribution < -0.4 is 5.56 Å². The minimum atomic E-state index is -0.152. The van der Waals surface area contributed by atoms with Gasteiger partial charge in [0, 0.05) is 38.6 Å². The van der Waals surface area contributed by atoms with E-state index in [2.05, 4.69) is 4.98 Å². The quantitative estimate of drug-likeness (QED) is 0.478. The molecule has 0 atom stereocenters. The zero-order valence-corrected chi connectivity index (χ0v) is 14.7. The summed E-state index contributed by atoms with van der Waals surface area (Å²) in [6.07, 6.45) is 1.91. The predicted molar refractivity (Wildman–Crippen MR) is 103 cm³/mol. The first-order valence-corrected chi connectivity index (χ1v) is 8.83. The predicted octanol–water partition coefficient (Wildman–Crippen LogP) is 5.43. The number of aromatic nitrogens is 2. The van der Waals surface area contributed by atoms with Crippen molar-refractivity contribution in [3.63, 3.8) is 0 Å². The molecule has 1 N–H and O–H groups in total. The summed E-state index contributed by atoms with van der Waals surface area (Å²) in [4.78, 5) is 16.7. The second kappa shape index (κ2) is 6.02. The monoisotopic (exact) mass is 370 g/mol. The van der Waals surface area contributed by atoms with Crippen molar-refractivity contribution in [2.75, 3.05) is 0 Å². The van der Waals surface area contributed by atoms with Crippen LogP contribution in [0.4, 0.5) is 0 Å². The normalized spacial score (nSPS) is 11.0. The van der Waals surface area contributed by atoms with Gasteiger partial charge in [-0.15, -0.1) is 11.3 Å². The number of nitrogens with zero attached hydrogens (tertiary/aromatic N) is 1. The Morgan fingerprint density at radius 2 is 1.83 bits per heavy atom. The molecular weight excluding hydrogens is 360 g/mol. The van der Waals surface area contributed by atoms with Crippen LogP contribution in [0.1, 0.15) is 0 Å². The molecule has 0 aliphatic carbocycles. The molecule has 0 saturated heterocycles. The average molecular weight is 371 g/mol. The standard InChI is InChI=1S/C18H11ClN2OS2/c19-11-5-7-12(8-6-11)21-17(22)9-16(24-18(21)23)14-10-20-15-4-2-1-3-13(14)15/h1-10,20H. The molecule has 0 fully saturated rings. The first-order chi connectivity index (χ1) is 11.6. The Bertz CT molecular complexity index is 1120. The fourth-order valence-electron chi connectivity index (χ4n) is 2.67. The number of benzene rings is 2. The molecular formula is C18H11ClN2OS2. The number of hydrogen-bond donors (Lipinski definition) is 1. The summed E-state index contributed by atoms with van der Waals surface area (Å²) in [6.45, 7) is 0. The zero-order chi connectivity index (χ0) is 16.7. The van der Waals surface area contributed by atoms with Gasteiger partial charge >= 0.3 is 0 Å². The lowest BCUT2D eigenvalue weighted by atomic mass is 10.1. The smallest absolute Gasteiger partial charge is 0.258 e. The highest BCUT2D eigenvalue weighted by molar-refractivity contribution is 7.73. The van der Waals surface area contributed by atoms with Crippen molar-refractivity contribution in [1.29, 1.82) is 0 Å². The first-order valence-electron chi connectivity index (χ1n) is 7.23. The summed E-state index contributed by atoms with van der Waals surface area (Å²) in [6, 6.07) is 16.7. The van der Waals surface area contributed by atoms with E-state index in [0.717, 1.165) is 27.0 Å². The Kier molecular flexibility index (Phi) is 3.84. The highest BCUT2D eigenvalue weighted by Crippen LogP contribution is 2.31. The van der Waals surface area contributed by atoms with Crippen molar-refractivity contribution in [3.8, 4) is 16.1 Å². The number of halogens is 1. The van der Waals surface area contributed by atoms with E-state index in [1.165, 1.54) is 15.9 Å². The number of aromatic amines is 1. The topological polar surface area (TPSA) is 37.8 Å². The number of nitrogens with one attached hydrogen (secondary N) is 1. The van der Waals surface area contributed by atoms with Crippen LogP contribution in [-0.2, 0) is 0 Å². The molecule has 2 aromatic carbocycles. The maximum absolute atomic E-state index is 12.6. The van der Waals surface area contributed by atoms with Crippen LogP contribution in [0.3, 0.4) is 0 Å². The number of H-pyrrole nitrogens is 1. The molecule has 4 aromatic rings. The van der Waals surface area contributed by atoms with E-state index in [1.807, 2.05) is 30.5 Å². The minimum Gasteiger partial charge on any atom is -0.361 e. The molecule has 0 saturated carbocycles. The molecule has 0 unspecified atom stereocenters. The molecule has 2 heterocycles. The van der Waals surface area contributed by atoms with E-state index in [-0.39, 0.29) is 5.56 Å². The molecule has 0 radical (unpaired) electrons. The molecule has 118 valence electrons. The van der Waals surface area contributed by atoms with Crippen molar-refractivity contribution in [1.82, 2.24) is 9.55 Å². The molecule has 3 nitrogen and oxygen atoms in total. The van der Waals surface area contributed by atoms with Gasteiger partial charge in [0.1, 0.15) is 0 Å². The molecule has 24 heavy (non-hydrogen) atoms. The zero-order valence-electron chi connectivity index (χ0n) is 12.3. The molecule has 0 bridgehead atoms. The third kappa shape index (κ3) is 2.60. The molecule has 4 rings (SSSR count). The molecule has 6 heteroatoms. The second-order valence-corrected chi connectivity index (χ2v) is 7.39. The van der Waals surface area contributed by atoms with E-state index in [0.29, 0.717) is 8.98 Å². The third-order valence-electron chi connectivity index (χ3n) is 3.79. The number of fused-ring (bicyclic) bond motifs is 1. The highest BCUT2D eigenvalue weighted by Gasteiger charge is 2.10. The molecule has 0 aliphatic heterocycles. The maximum Gasteiger partial charge on any atom is 0.258 e. The Hall–Kier alpha value is -2.21. The molecule has 2 aromatic heterocycles. The largest absolute Gasteiger partial charge is 0.361 e. The number of para-hydroxylation sites is 1. The van der Waals surface area contributed by atoms with Gasteiger partial charge in [-0.1, -0.05) is 29.8 Å². The van der Waals surface area contributed by atoms with Crippen molar-refractivity contribution in [2.45, 2.75) is 0 Å². The van der Waals surface area contributed by atoms with Gasteiger partial charge in [-0.3, -0.25) is 9.36 Å². The highest BCUT2D eigenvalue weighted by atomic mass is 35.5. The lowest BCUT2D eigenvalue weighted by molar-refractivity contribution is 1.00. The molecule has 0 spiro atoms. The molecule has 0 amide bonds. The van der Waals surface area contributed by atoms with Crippen LogP contribution in [0.2, 0.25) is 5.02 Å². The summed E-state index contributed by atoms with van der Waals surface area (Å²) >= 11 is 12.8. The fourth-order valence-corrected chi connectivity index (χ4v) is 4.17. The van der Waals surface area contributed by atoms with Gasteiger partial charge in [-0.2, -0.15) is 0 Å². The summed E-state index contributed by atoms with van der Waals surface area (Å²) in [7, 11) is 0. The van der Waals surface area contributed by atoms with Crippen molar-refractivity contribution >= 4 is 46.1 Å². The van der Waals surface area contributed by atoms with Gasteiger partial charge in [0.15, 0.2) is 3.95 Å². The van der Waals surface area contributed by atoms with Crippen LogP contribution in [-0.4, -0.2) is 9.55 Å². The van der Waals surface area contributed by atoms with E-state index < -0.39 is 0 Å². The Morgan fingerprint density at radius 3 is 2.58 bits per heavy atom. The second-order valence-electron chi connectivity index (χ2n) is 5.27. The molecule has 0 aliphatic rings. The van der Waals surface area contributed by atoms with Gasteiger partial charge < -0.3 is 4.98 Å². The van der Waals surface area contributed by atoms with E-state index in [4.69, 9.17) is 23.8 Å². The van der Waals surface area contributed by atoms with Crippen LogP contribution in [0.15, 0.2) is 65.6 Å². The lowest BCUT2D eigenvalue weighted by Gasteiger charge is -2.07.